The second kappa shape index (κ2) is 12.1. The summed E-state index contributed by atoms with van der Waals surface area (Å²) in [5.74, 6) is 0.568. The number of halogens is 1. The molecule has 0 radical (unpaired) electrons. The second-order valence-corrected chi connectivity index (χ2v) is 10.4. The number of fused-ring (bicyclic) bond motifs is 1. The van der Waals surface area contributed by atoms with Crippen LogP contribution in [-0.2, 0) is 16.1 Å². The average molecular weight is 596 g/mol. The van der Waals surface area contributed by atoms with Crippen molar-refractivity contribution in [2.75, 3.05) is 38.8 Å². The molecular formula is C28H30BrN5O5. The molecule has 204 valence electrons. The quantitative estimate of drug-likeness (QED) is 0.344. The fourth-order valence-corrected chi connectivity index (χ4v) is 5.23. The maximum Gasteiger partial charge on any atom is 0.254 e. The Morgan fingerprint density at radius 2 is 2.08 bits per heavy atom. The first-order chi connectivity index (χ1) is 18.9. The molecule has 0 spiro atoms. The normalized spacial score (nSPS) is 16.1. The van der Waals surface area contributed by atoms with Crippen LogP contribution in [0.15, 0.2) is 53.1 Å². The van der Waals surface area contributed by atoms with Crippen LogP contribution >= 0.6 is 15.9 Å². The summed E-state index contributed by atoms with van der Waals surface area (Å²) in [6.07, 6.45) is 3.49. The van der Waals surface area contributed by atoms with Gasteiger partial charge in [0.25, 0.3) is 5.91 Å². The van der Waals surface area contributed by atoms with Gasteiger partial charge in [-0.3, -0.25) is 9.59 Å². The molecule has 0 aliphatic carbocycles. The van der Waals surface area contributed by atoms with Gasteiger partial charge in [0.1, 0.15) is 12.3 Å². The molecule has 11 heteroatoms. The van der Waals surface area contributed by atoms with Gasteiger partial charge >= 0.3 is 0 Å². The maximum atomic E-state index is 13.3. The molecule has 2 aliphatic heterocycles. The summed E-state index contributed by atoms with van der Waals surface area (Å²) in [4.78, 5) is 36.7. The number of methoxy groups -OCH3 is 1. The van der Waals surface area contributed by atoms with Gasteiger partial charge in [0, 0.05) is 43.1 Å². The molecule has 2 aromatic carbocycles. The Hall–Kier alpha value is -3.54. The highest BCUT2D eigenvalue weighted by Gasteiger charge is 2.30. The Morgan fingerprint density at radius 1 is 1.26 bits per heavy atom. The van der Waals surface area contributed by atoms with E-state index in [4.69, 9.17) is 14.5 Å². The molecular weight excluding hydrogens is 566 g/mol. The number of carbonyl (C=O) groups is 2. The minimum absolute atomic E-state index is 0.125. The minimum atomic E-state index is -0.613. The predicted octanol–water partition coefficient (Wildman–Crippen LogP) is 3.31. The number of rotatable bonds is 9. The molecule has 39 heavy (non-hydrogen) atoms. The van der Waals surface area contributed by atoms with Crippen molar-refractivity contribution in [3.8, 4) is 17.0 Å². The van der Waals surface area contributed by atoms with Crippen LogP contribution in [0.2, 0.25) is 0 Å². The Labute approximate surface area is 234 Å². The van der Waals surface area contributed by atoms with E-state index >= 15 is 0 Å². The molecule has 2 amide bonds. The van der Waals surface area contributed by atoms with Gasteiger partial charge in [0.15, 0.2) is 0 Å². The lowest BCUT2D eigenvalue weighted by atomic mass is 10.0. The average Bonchev–Trinajstić information content (AvgIpc) is 3.27. The van der Waals surface area contributed by atoms with Crippen LogP contribution in [0.3, 0.4) is 0 Å². The zero-order valence-corrected chi connectivity index (χ0v) is 23.1. The van der Waals surface area contributed by atoms with Crippen molar-refractivity contribution in [3.05, 3.63) is 69.8 Å². The van der Waals surface area contributed by atoms with Crippen molar-refractivity contribution in [2.24, 2.45) is 0 Å². The third kappa shape index (κ3) is 6.21. The summed E-state index contributed by atoms with van der Waals surface area (Å²) in [6, 6.07) is 12.4. The number of aromatic nitrogens is 2. The number of carbonyl (C=O) groups excluding carboxylic acids is 2. The van der Waals surface area contributed by atoms with Crippen LogP contribution in [0.4, 0.5) is 5.95 Å². The standard InChI is InChI=1S/C28H30BrN5O5/c1-38-21-4-2-3-17(11-21)24(16-35)32-25(36)15-34-14-19-6-5-18(12-22(19)27(34)37)26-23(29)13-30-28(33-26)31-20-7-9-39-10-8-20/h2-6,11-13,20,24,35H,7-10,14-16H2,1H3,(H,32,36)(H,30,31,33)/t24-/m1/s1. The number of hydrogen-bond acceptors (Lipinski definition) is 8. The summed E-state index contributed by atoms with van der Waals surface area (Å²) in [7, 11) is 1.56. The minimum Gasteiger partial charge on any atom is -0.497 e. The first-order valence-corrected chi connectivity index (χ1v) is 13.6. The lowest BCUT2D eigenvalue weighted by Gasteiger charge is -2.23. The van der Waals surface area contributed by atoms with E-state index in [0.717, 1.165) is 24.0 Å². The van der Waals surface area contributed by atoms with Gasteiger partial charge in [-0.25, -0.2) is 9.97 Å². The van der Waals surface area contributed by atoms with Crippen molar-refractivity contribution >= 4 is 33.7 Å². The summed E-state index contributed by atoms with van der Waals surface area (Å²) in [6.45, 7) is 1.34. The van der Waals surface area contributed by atoms with E-state index in [1.54, 1.807) is 37.6 Å². The van der Waals surface area contributed by atoms with Crippen molar-refractivity contribution < 1.29 is 24.2 Å². The molecule has 5 rings (SSSR count). The third-order valence-corrected chi connectivity index (χ3v) is 7.49. The molecule has 0 bridgehead atoms. The number of benzene rings is 2. The van der Waals surface area contributed by atoms with Gasteiger partial charge in [0.2, 0.25) is 11.9 Å². The number of nitrogens with one attached hydrogen (secondary N) is 2. The molecule has 10 nitrogen and oxygen atoms in total. The lowest BCUT2D eigenvalue weighted by Crippen LogP contribution is -2.40. The van der Waals surface area contributed by atoms with Gasteiger partial charge in [-0.1, -0.05) is 24.3 Å². The summed E-state index contributed by atoms with van der Waals surface area (Å²) in [5, 5.41) is 16.1. The molecule has 1 aromatic heterocycles. The molecule has 0 unspecified atom stereocenters. The van der Waals surface area contributed by atoms with E-state index in [2.05, 4.69) is 31.5 Å². The molecule has 3 aromatic rings. The SMILES string of the molecule is COc1cccc([C@@H](CO)NC(=O)CN2Cc3ccc(-c4nc(NC5CCOCC5)ncc4Br)cc3C2=O)c1. The highest BCUT2D eigenvalue weighted by molar-refractivity contribution is 9.10. The van der Waals surface area contributed by atoms with Crippen molar-refractivity contribution in [3.63, 3.8) is 0 Å². The smallest absolute Gasteiger partial charge is 0.254 e. The number of anilines is 1. The maximum absolute atomic E-state index is 13.3. The van der Waals surface area contributed by atoms with Crippen molar-refractivity contribution in [1.29, 1.82) is 0 Å². The molecule has 1 fully saturated rings. The largest absolute Gasteiger partial charge is 0.497 e. The first-order valence-electron chi connectivity index (χ1n) is 12.8. The van der Waals surface area contributed by atoms with Gasteiger partial charge in [-0.05, 0) is 58.1 Å². The Morgan fingerprint density at radius 3 is 2.85 bits per heavy atom. The highest BCUT2D eigenvalue weighted by atomic mass is 79.9. The number of amides is 2. The number of ether oxygens (including phenoxy) is 2. The molecule has 3 heterocycles. The van der Waals surface area contributed by atoms with Crippen LogP contribution in [0, 0.1) is 0 Å². The molecule has 2 aliphatic rings. The van der Waals surface area contributed by atoms with Crippen LogP contribution in [0.5, 0.6) is 5.75 Å². The van der Waals surface area contributed by atoms with Gasteiger partial charge < -0.3 is 30.1 Å². The van der Waals surface area contributed by atoms with E-state index in [1.807, 2.05) is 18.2 Å². The number of aliphatic hydroxyl groups is 1. The van der Waals surface area contributed by atoms with E-state index in [1.165, 1.54) is 4.90 Å². The van der Waals surface area contributed by atoms with Crippen LogP contribution in [-0.4, -0.2) is 71.3 Å². The van der Waals surface area contributed by atoms with Gasteiger partial charge in [-0.2, -0.15) is 0 Å². The molecule has 1 atom stereocenters. The molecule has 0 saturated carbocycles. The monoisotopic (exact) mass is 595 g/mol. The Balaban J connectivity index is 1.27. The fraction of sp³-hybridized carbons (Fsp3) is 0.357. The van der Waals surface area contributed by atoms with Crippen molar-refractivity contribution in [2.45, 2.75) is 31.5 Å². The van der Waals surface area contributed by atoms with Gasteiger partial charge in [0.05, 0.1) is 29.9 Å². The number of aliphatic hydroxyl groups excluding tert-OH is 1. The van der Waals surface area contributed by atoms with Crippen LogP contribution < -0.4 is 15.4 Å². The highest BCUT2D eigenvalue weighted by Crippen LogP contribution is 2.32. The topological polar surface area (TPSA) is 126 Å². The lowest BCUT2D eigenvalue weighted by molar-refractivity contribution is -0.122. The Kier molecular flexibility index (Phi) is 8.39. The van der Waals surface area contributed by atoms with E-state index < -0.39 is 6.04 Å². The first kappa shape index (κ1) is 27.0. The van der Waals surface area contributed by atoms with Crippen molar-refractivity contribution in [1.82, 2.24) is 20.2 Å². The fourth-order valence-electron chi connectivity index (χ4n) is 4.81. The zero-order chi connectivity index (χ0) is 27.4. The van der Waals surface area contributed by atoms with Crippen LogP contribution in [0.25, 0.3) is 11.3 Å². The summed E-state index contributed by atoms with van der Waals surface area (Å²) < 4.78 is 11.4. The molecule has 3 N–H and O–H groups in total. The van der Waals surface area contributed by atoms with E-state index in [9.17, 15) is 14.7 Å². The number of hydrogen-bond donors (Lipinski definition) is 3. The molecule has 1 saturated heterocycles. The zero-order valence-electron chi connectivity index (χ0n) is 21.5. The number of nitrogens with zero attached hydrogens (tertiary/aromatic N) is 3. The second-order valence-electron chi connectivity index (χ2n) is 9.53. The van der Waals surface area contributed by atoms with E-state index in [-0.39, 0.29) is 31.0 Å². The van der Waals surface area contributed by atoms with Crippen LogP contribution in [0.1, 0.15) is 40.4 Å². The van der Waals surface area contributed by atoms with Gasteiger partial charge in [-0.15, -0.1) is 0 Å². The third-order valence-electron chi connectivity index (χ3n) is 6.91. The Bertz CT molecular complexity index is 1360. The predicted molar refractivity (Wildman–Crippen MR) is 148 cm³/mol. The van der Waals surface area contributed by atoms with E-state index in [0.29, 0.717) is 52.7 Å². The summed E-state index contributed by atoms with van der Waals surface area (Å²) in [5.41, 5.74) is 3.54. The summed E-state index contributed by atoms with van der Waals surface area (Å²) >= 11 is 3.54.